The maximum atomic E-state index is 12.2. The molecule has 0 radical (unpaired) electrons. The summed E-state index contributed by atoms with van der Waals surface area (Å²) in [6.07, 6.45) is 1.59. The average molecular weight is 359 g/mol. The first-order chi connectivity index (χ1) is 10.3. The quantitative estimate of drug-likeness (QED) is 0.598. The Balaban J connectivity index is 2.06. The van der Waals surface area contributed by atoms with Crippen molar-refractivity contribution in [1.29, 1.82) is 0 Å². The molecular weight excluding hydrogens is 343 g/mol. The van der Waals surface area contributed by atoms with Crippen molar-refractivity contribution in [2.45, 2.75) is 31.2 Å². The van der Waals surface area contributed by atoms with Gasteiger partial charge in [-0.15, -0.1) is 0 Å². The zero-order chi connectivity index (χ0) is 16.3. The molecule has 0 amide bonds. The van der Waals surface area contributed by atoms with Crippen LogP contribution in [0.15, 0.2) is 40.2 Å². The Kier molecular flexibility index (Phi) is 5.42. The summed E-state index contributed by atoms with van der Waals surface area (Å²) in [4.78, 5) is 12.8. The average Bonchev–Trinajstić information content (AvgIpc) is 2.44. The lowest BCUT2D eigenvalue weighted by Crippen LogP contribution is -2.36. The van der Waals surface area contributed by atoms with Crippen molar-refractivity contribution in [3.05, 3.63) is 50.9 Å². The molecule has 0 saturated carbocycles. The molecule has 0 spiro atoms. The summed E-state index contributed by atoms with van der Waals surface area (Å²) >= 11 is 13.3. The number of aromatic nitrogens is 2. The molecule has 1 aromatic heterocycles. The van der Waals surface area contributed by atoms with E-state index in [1.807, 2.05) is 20.8 Å². The van der Waals surface area contributed by atoms with Gasteiger partial charge in [0.2, 0.25) is 0 Å². The molecule has 7 heteroatoms. The number of benzene rings is 1. The van der Waals surface area contributed by atoms with Crippen molar-refractivity contribution >= 4 is 35.0 Å². The van der Waals surface area contributed by atoms with Gasteiger partial charge in [-0.2, -0.15) is 5.10 Å². The van der Waals surface area contributed by atoms with E-state index in [0.717, 1.165) is 0 Å². The highest BCUT2D eigenvalue weighted by Crippen LogP contribution is 2.25. The molecule has 4 nitrogen and oxygen atoms in total. The summed E-state index contributed by atoms with van der Waals surface area (Å²) in [6, 6.07) is 7.06. The van der Waals surface area contributed by atoms with Crippen LogP contribution in [-0.4, -0.2) is 15.7 Å². The smallest absolute Gasteiger partial charge is 0.287 e. The van der Waals surface area contributed by atoms with Gasteiger partial charge in [0.15, 0.2) is 0 Å². The third-order valence-corrected chi connectivity index (χ3v) is 4.36. The zero-order valence-electron chi connectivity index (χ0n) is 12.5. The van der Waals surface area contributed by atoms with Gasteiger partial charge in [0.05, 0.1) is 16.6 Å². The summed E-state index contributed by atoms with van der Waals surface area (Å²) in [7, 11) is 0. The lowest BCUT2D eigenvalue weighted by molar-refractivity contribution is 0.336. The largest absolute Gasteiger partial charge is 0.483 e. The Hall–Kier alpha value is -1.17. The molecule has 0 N–H and O–H groups in total. The van der Waals surface area contributed by atoms with Crippen LogP contribution in [0.3, 0.4) is 0 Å². The van der Waals surface area contributed by atoms with Crippen molar-refractivity contribution in [3.8, 4) is 5.75 Å². The number of halogens is 2. The molecule has 1 aromatic carbocycles. The molecule has 22 heavy (non-hydrogen) atoms. The molecule has 0 atom stereocenters. The molecule has 0 saturated heterocycles. The second-order valence-corrected chi connectivity index (χ2v) is 7.35. The van der Waals surface area contributed by atoms with Gasteiger partial charge < -0.3 is 4.74 Å². The van der Waals surface area contributed by atoms with Gasteiger partial charge in [0.25, 0.3) is 5.56 Å². The lowest BCUT2D eigenvalue weighted by atomic mass is 10.1. The molecule has 0 aliphatic rings. The number of rotatable bonds is 4. The molecule has 118 valence electrons. The van der Waals surface area contributed by atoms with Crippen molar-refractivity contribution < 1.29 is 4.74 Å². The molecule has 0 bridgehead atoms. The fraction of sp³-hybridized carbons (Fsp3) is 0.333. The van der Waals surface area contributed by atoms with Crippen LogP contribution < -0.4 is 10.3 Å². The fourth-order valence-electron chi connectivity index (χ4n) is 1.69. The minimum atomic E-state index is -0.413. The van der Waals surface area contributed by atoms with Gasteiger partial charge in [-0.1, -0.05) is 35.0 Å². The minimum absolute atomic E-state index is 0.162. The monoisotopic (exact) mass is 358 g/mol. The second kappa shape index (κ2) is 6.94. The summed E-state index contributed by atoms with van der Waals surface area (Å²) in [6.45, 7) is 5.69. The van der Waals surface area contributed by atoms with Crippen molar-refractivity contribution in [1.82, 2.24) is 9.78 Å². The maximum absolute atomic E-state index is 12.2. The van der Waals surface area contributed by atoms with E-state index in [0.29, 0.717) is 21.6 Å². The highest BCUT2D eigenvalue weighted by atomic mass is 35.5. The van der Waals surface area contributed by atoms with E-state index in [9.17, 15) is 4.79 Å². The van der Waals surface area contributed by atoms with Crippen molar-refractivity contribution in [2.24, 2.45) is 0 Å². The SMILES string of the molecule is CC(C)(C)n1ncc(SCOc2ccc(Cl)cc2)c(Cl)c1=O. The lowest BCUT2D eigenvalue weighted by Gasteiger charge is -2.21. The Morgan fingerprint density at radius 3 is 2.45 bits per heavy atom. The van der Waals surface area contributed by atoms with Crippen molar-refractivity contribution in [3.63, 3.8) is 0 Å². The van der Waals surface area contributed by atoms with Crippen LogP contribution in [0.5, 0.6) is 5.75 Å². The number of thioether (sulfide) groups is 1. The Labute approximate surface area is 143 Å². The summed E-state index contributed by atoms with van der Waals surface area (Å²) in [5.74, 6) is 1.02. The van der Waals surface area contributed by atoms with Gasteiger partial charge in [0, 0.05) is 5.02 Å². The molecule has 1 heterocycles. The number of hydrogen-bond acceptors (Lipinski definition) is 4. The maximum Gasteiger partial charge on any atom is 0.287 e. The second-order valence-electron chi connectivity index (χ2n) is 5.57. The van der Waals surface area contributed by atoms with Crippen LogP contribution in [0.4, 0.5) is 0 Å². The van der Waals surface area contributed by atoms with E-state index in [-0.39, 0.29) is 10.6 Å². The summed E-state index contributed by atoms with van der Waals surface area (Å²) < 4.78 is 6.94. The molecule has 2 aromatic rings. The molecule has 0 aliphatic carbocycles. The minimum Gasteiger partial charge on any atom is -0.483 e. The van der Waals surface area contributed by atoms with Crippen LogP contribution in [0, 0.1) is 0 Å². The third kappa shape index (κ3) is 4.18. The van der Waals surface area contributed by atoms with E-state index in [2.05, 4.69) is 5.10 Å². The third-order valence-electron chi connectivity index (χ3n) is 2.78. The molecule has 0 fully saturated rings. The van der Waals surface area contributed by atoms with Crippen LogP contribution in [0.1, 0.15) is 20.8 Å². The molecular formula is C15H16Cl2N2O2S. The van der Waals surface area contributed by atoms with E-state index in [1.165, 1.54) is 16.4 Å². The van der Waals surface area contributed by atoms with Crippen LogP contribution >= 0.6 is 35.0 Å². The summed E-state index contributed by atoms with van der Waals surface area (Å²) in [5.41, 5.74) is -0.713. The first kappa shape index (κ1) is 17.2. The van der Waals surface area contributed by atoms with E-state index in [4.69, 9.17) is 27.9 Å². The predicted octanol–water partition coefficient (Wildman–Crippen LogP) is 4.43. The topological polar surface area (TPSA) is 44.1 Å². The Morgan fingerprint density at radius 1 is 1.23 bits per heavy atom. The van der Waals surface area contributed by atoms with Gasteiger partial charge in [0.1, 0.15) is 16.7 Å². The first-order valence-electron chi connectivity index (χ1n) is 6.58. The van der Waals surface area contributed by atoms with Gasteiger partial charge in [-0.25, -0.2) is 4.68 Å². The van der Waals surface area contributed by atoms with Crippen LogP contribution in [0.25, 0.3) is 0 Å². The van der Waals surface area contributed by atoms with Gasteiger partial charge >= 0.3 is 0 Å². The molecule has 2 rings (SSSR count). The Bertz CT molecular complexity index is 709. The number of hydrogen-bond donors (Lipinski definition) is 0. The van der Waals surface area contributed by atoms with Crippen LogP contribution in [-0.2, 0) is 5.54 Å². The first-order valence-corrected chi connectivity index (χ1v) is 8.32. The fourth-order valence-corrected chi connectivity index (χ4v) is 2.76. The van der Waals surface area contributed by atoms with E-state index in [1.54, 1.807) is 30.5 Å². The predicted molar refractivity (Wildman–Crippen MR) is 91.3 cm³/mol. The normalized spacial score (nSPS) is 11.5. The van der Waals surface area contributed by atoms with E-state index >= 15 is 0 Å². The summed E-state index contributed by atoms with van der Waals surface area (Å²) in [5, 5.41) is 4.99. The molecule has 0 aliphatic heterocycles. The number of nitrogens with zero attached hydrogens (tertiary/aromatic N) is 2. The standard InChI is InChI=1S/C15H16Cl2N2O2S/c1-15(2,3)19-14(20)13(17)12(8-18-19)22-9-21-11-6-4-10(16)5-7-11/h4-8H,9H2,1-3H3. The van der Waals surface area contributed by atoms with Crippen molar-refractivity contribution in [2.75, 3.05) is 5.94 Å². The Morgan fingerprint density at radius 2 is 1.86 bits per heavy atom. The highest BCUT2D eigenvalue weighted by Gasteiger charge is 2.19. The van der Waals surface area contributed by atoms with Gasteiger partial charge in [-0.3, -0.25) is 4.79 Å². The highest BCUT2D eigenvalue weighted by molar-refractivity contribution is 7.99. The van der Waals surface area contributed by atoms with Gasteiger partial charge in [-0.05, 0) is 45.0 Å². The number of ether oxygens (including phenoxy) is 1. The zero-order valence-corrected chi connectivity index (χ0v) is 14.8. The van der Waals surface area contributed by atoms with Crippen LogP contribution in [0.2, 0.25) is 10.0 Å². The molecule has 0 unspecified atom stereocenters. The van der Waals surface area contributed by atoms with E-state index < -0.39 is 5.54 Å².